The molecule has 0 amide bonds. The monoisotopic (exact) mass is 185 g/mol. The van der Waals surface area contributed by atoms with Gasteiger partial charge in [-0.2, -0.15) is 0 Å². The first kappa shape index (κ1) is 8.50. The van der Waals surface area contributed by atoms with E-state index in [0.29, 0.717) is 5.56 Å². The molecule has 2 aromatic rings. The average molecular weight is 185 g/mol. The van der Waals surface area contributed by atoms with Gasteiger partial charge in [0.1, 0.15) is 6.33 Å². The highest BCUT2D eigenvalue weighted by Crippen LogP contribution is 2.19. The predicted molar refractivity (Wildman–Crippen MR) is 50.7 cm³/mol. The molecule has 4 nitrogen and oxygen atoms in total. The highest BCUT2D eigenvalue weighted by molar-refractivity contribution is 5.86. The molecule has 2 heterocycles. The van der Waals surface area contributed by atoms with E-state index in [2.05, 4.69) is 15.0 Å². The van der Waals surface area contributed by atoms with Crippen LogP contribution in [-0.4, -0.2) is 21.2 Å². The van der Waals surface area contributed by atoms with Gasteiger partial charge in [-0.15, -0.1) is 0 Å². The minimum absolute atomic E-state index is 0.544. The first-order valence-corrected chi connectivity index (χ1v) is 4.06. The van der Waals surface area contributed by atoms with Gasteiger partial charge >= 0.3 is 0 Å². The van der Waals surface area contributed by atoms with Crippen LogP contribution in [0.3, 0.4) is 0 Å². The van der Waals surface area contributed by atoms with Gasteiger partial charge in [0.2, 0.25) is 0 Å². The molecule has 0 bridgehead atoms. The van der Waals surface area contributed by atoms with Crippen LogP contribution in [0, 0.1) is 0 Å². The summed E-state index contributed by atoms with van der Waals surface area (Å²) in [6.07, 6.45) is 8.70. The summed E-state index contributed by atoms with van der Waals surface area (Å²) in [7, 11) is 0. The van der Waals surface area contributed by atoms with Gasteiger partial charge in [-0.25, -0.2) is 9.97 Å². The van der Waals surface area contributed by atoms with Crippen molar-refractivity contribution in [3.63, 3.8) is 0 Å². The molecule has 0 radical (unpaired) electrons. The van der Waals surface area contributed by atoms with Crippen LogP contribution in [0.15, 0.2) is 37.2 Å². The number of rotatable bonds is 2. The maximum absolute atomic E-state index is 10.7. The Labute approximate surface area is 80.7 Å². The Morgan fingerprint density at radius 2 is 1.86 bits per heavy atom. The molecule has 0 saturated carbocycles. The zero-order valence-corrected chi connectivity index (χ0v) is 7.29. The van der Waals surface area contributed by atoms with Crippen LogP contribution in [0.1, 0.15) is 10.4 Å². The van der Waals surface area contributed by atoms with E-state index < -0.39 is 0 Å². The van der Waals surface area contributed by atoms with Crippen LogP contribution in [0.25, 0.3) is 11.1 Å². The minimum atomic E-state index is 0.544. The number of nitrogens with zero attached hydrogens (tertiary/aromatic N) is 3. The lowest BCUT2D eigenvalue weighted by atomic mass is 10.1. The number of pyridine rings is 1. The molecule has 0 aromatic carbocycles. The van der Waals surface area contributed by atoms with Crippen molar-refractivity contribution in [2.45, 2.75) is 0 Å². The summed E-state index contributed by atoms with van der Waals surface area (Å²) >= 11 is 0. The second kappa shape index (κ2) is 3.74. The van der Waals surface area contributed by atoms with E-state index in [1.807, 2.05) is 0 Å². The highest BCUT2D eigenvalue weighted by Gasteiger charge is 2.03. The summed E-state index contributed by atoms with van der Waals surface area (Å²) in [5, 5.41) is 0. The molecule has 14 heavy (non-hydrogen) atoms. The molecule has 2 aromatic heterocycles. The molecule has 0 unspecified atom stereocenters. The Morgan fingerprint density at radius 1 is 1.07 bits per heavy atom. The minimum Gasteiger partial charge on any atom is -0.298 e. The molecule has 0 spiro atoms. The van der Waals surface area contributed by atoms with E-state index in [-0.39, 0.29) is 0 Å². The molecule has 0 aliphatic rings. The van der Waals surface area contributed by atoms with Gasteiger partial charge in [0.25, 0.3) is 0 Å². The Hall–Kier alpha value is -2.10. The molecule has 0 atom stereocenters. The lowest BCUT2D eigenvalue weighted by Gasteiger charge is -2.01. The fraction of sp³-hybridized carbons (Fsp3) is 0. The maximum atomic E-state index is 10.7. The van der Waals surface area contributed by atoms with Crippen molar-refractivity contribution in [1.82, 2.24) is 15.0 Å². The average Bonchev–Trinajstić information content (AvgIpc) is 2.30. The smallest absolute Gasteiger partial charge is 0.152 e. The van der Waals surface area contributed by atoms with E-state index in [1.165, 1.54) is 12.5 Å². The molecule has 4 heteroatoms. The number of hydrogen-bond donors (Lipinski definition) is 0. The summed E-state index contributed by atoms with van der Waals surface area (Å²) in [6, 6.07) is 1.77. The van der Waals surface area contributed by atoms with Crippen LogP contribution in [0.4, 0.5) is 0 Å². The van der Waals surface area contributed by atoms with Gasteiger partial charge in [0.05, 0.1) is 0 Å². The molecule has 0 fully saturated rings. The molecule has 0 saturated heterocycles. The Balaban J connectivity index is 2.57. The standard InChI is InChI=1S/C10H7N3O/c14-6-9-5-11-2-1-10(9)8-3-12-7-13-4-8/h1-7H. The fourth-order valence-electron chi connectivity index (χ4n) is 1.20. The summed E-state index contributed by atoms with van der Waals surface area (Å²) in [5.41, 5.74) is 2.16. The zero-order valence-electron chi connectivity index (χ0n) is 7.29. The molecular weight excluding hydrogens is 178 g/mol. The number of aldehydes is 1. The van der Waals surface area contributed by atoms with Crippen LogP contribution in [0.5, 0.6) is 0 Å². The number of aromatic nitrogens is 3. The van der Waals surface area contributed by atoms with Gasteiger partial charge in [-0.05, 0) is 11.6 Å². The van der Waals surface area contributed by atoms with Crippen molar-refractivity contribution in [3.8, 4) is 11.1 Å². The van der Waals surface area contributed by atoms with Crippen molar-refractivity contribution < 1.29 is 4.79 Å². The SMILES string of the molecule is O=Cc1cnccc1-c1cncnc1. The van der Waals surface area contributed by atoms with E-state index >= 15 is 0 Å². The topological polar surface area (TPSA) is 55.7 Å². The van der Waals surface area contributed by atoms with Crippen LogP contribution < -0.4 is 0 Å². The maximum Gasteiger partial charge on any atom is 0.152 e. The van der Waals surface area contributed by atoms with E-state index in [4.69, 9.17) is 0 Å². The van der Waals surface area contributed by atoms with Gasteiger partial charge in [0, 0.05) is 35.9 Å². The quantitative estimate of drug-likeness (QED) is 0.662. The van der Waals surface area contributed by atoms with Gasteiger partial charge in [0.15, 0.2) is 6.29 Å². The molecule has 68 valence electrons. The van der Waals surface area contributed by atoms with Crippen molar-refractivity contribution >= 4 is 6.29 Å². The van der Waals surface area contributed by atoms with E-state index in [0.717, 1.165) is 17.4 Å². The molecule has 0 N–H and O–H groups in total. The number of carbonyl (C=O) groups excluding carboxylic acids is 1. The Morgan fingerprint density at radius 3 is 2.57 bits per heavy atom. The first-order chi connectivity index (χ1) is 6.92. The summed E-state index contributed by atoms with van der Waals surface area (Å²) in [6.45, 7) is 0. The molecular formula is C10H7N3O. The second-order valence-corrected chi connectivity index (χ2v) is 2.71. The first-order valence-electron chi connectivity index (χ1n) is 4.06. The third-order valence-corrected chi connectivity index (χ3v) is 1.85. The summed E-state index contributed by atoms with van der Waals surface area (Å²) in [4.78, 5) is 22.4. The lowest BCUT2D eigenvalue weighted by Crippen LogP contribution is -1.89. The number of carbonyl (C=O) groups is 1. The Kier molecular flexibility index (Phi) is 2.27. The van der Waals surface area contributed by atoms with E-state index in [1.54, 1.807) is 24.7 Å². The van der Waals surface area contributed by atoms with Gasteiger partial charge in [-0.1, -0.05) is 0 Å². The molecule has 0 aliphatic carbocycles. The Bertz CT molecular complexity index is 442. The van der Waals surface area contributed by atoms with Crippen molar-refractivity contribution in [2.24, 2.45) is 0 Å². The predicted octanol–water partition coefficient (Wildman–Crippen LogP) is 1.35. The second-order valence-electron chi connectivity index (χ2n) is 2.71. The third-order valence-electron chi connectivity index (χ3n) is 1.85. The largest absolute Gasteiger partial charge is 0.298 e. The molecule has 2 rings (SSSR count). The zero-order chi connectivity index (χ0) is 9.80. The molecule has 0 aliphatic heterocycles. The summed E-state index contributed by atoms with van der Waals surface area (Å²) < 4.78 is 0. The normalized spacial score (nSPS) is 9.71. The van der Waals surface area contributed by atoms with E-state index in [9.17, 15) is 4.79 Å². The fourth-order valence-corrected chi connectivity index (χ4v) is 1.20. The van der Waals surface area contributed by atoms with Gasteiger partial charge < -0.3 is 0 Å². The van der Waals surface area contributed by atoms with Crippen molar-refractivity contribution in [1.29, 1.82) is 0 Å². The third kappa shape index (κ3) is 1.50. The van der Waals surface area contributed by atoms with Crippen LogP contribution in [-0.2, 0) is 0 Å². The van der Waals surface area contributed by atoms with Crippen LogP contribution in [0.2, 0.25) is 0 Å². The number of hydrogen-bond acceptors (Lipinski definition) is 4. The lowest BCUT2D eigenvalue weighted by molar-refractivity contribution is 0.112. The summed E-state index contributed by atoms with van der Waals surface area (Å²) in [5.74, 6) is 0. The van der Waals surface area contributed by atoms with Crippen LogP contribution >= 0.6 is 0 Å². The van der Waals surface area contributed by atoms with Crippen molar-refractivity contribution in [2.75, 3.05) is 0 Å². The highest BCUT2D eigenvalue weighted by atomic mass is 16.1. The van der Waals surface area contributed by atoms with Gasteiger partial charge in [-0.3, -0.25) is 9.78 Å². The van der Waals surface area contributed by atoms with Crippen molar-refractivity contribution in [3.05, 3.63) is 42.7 Å².